The SMILES string of the molecule is CCCCc1ccc2[nH]c(C)c(C[NH+]3CCC[C@@H](C)C3)c(=O)c2c1. The fraction of sp³-hybridized carbons (Fsp3) is 0.571. The van der Waals surface area contributed by atoms with E-state index in [9.17, 15) is 4.79 Å². The molecule has 3 heteroatoms. The van der Waals surface area contributed by atoms with E-state index in [0.29, 0.717) is 0 Å². The van der Waals surface area contributed by atoms with Crippen molar-refractivity contribution in [3.63, 3.8) is 0 Å². The Morgan fingerprint density at radius 1 is 1.33 bits per heavy atom. The number of benzene rings is 1. The highest BCUT2D eigenvalue weighted by atomic mass is 16.1. The summed E-state index contributed by atoms with van der Waals surface area (Å²) in [6.45, 7) is 9.83. The summed E-state index contributed by atoms with van der Waals surface area (Å²) < 4.78 is 0. The van der Waals surface area contributed by atoms with Crippen LogP contribution >= 0.6 is 0 Å². The lowest BCUT2D eigenvalue weighted by Gasteiger charge is -2.28. The monoisotopic (exact) mass is 327 g/mol. The number of hydrogen-bond acceptors (Lipinski definition) is 1. The third-order valence-electron chi connectivity index (χ3n) is 5.49. The van der Waals surface area contributed by atoms with Gasteiger partial charge in [0.25, 0.3) is 0 Å². The number of quaternary nitrogens is 1. The maximum Gasteiger partial charge on any atom is 0.198 e. The second-order valence-corrected chi connectivity index (χ2v) is 7.67. The normalized spacial score (nSPS) is 21.3. The number of unbranched alkanes of at least 4 members (excludes halogenated alkanes) is 1. The maximum absolute atomic E-state index is 13.1. The van der Waals surface area contributed by atoms with E-state index in [1.165, 1.54) is 44.3 Å². The topological polar surface area (TPSA) is 37.3 Å². The fourth-order valence-electron chi connectivity index (χ4n) is 4.06. The van der Waals surface area contributed by atoms with Gasteiger partial charge in [-0.1, -0.05) is 26.3 Å². The standard InChI is InChI=1S/C21H30N2O/c1-4-5-8-17-9-10-20-18(12-17)21(24)19(16(3)22-20)14-23-11-6-7-15(2)13-23/h9-10,12,15H,4-8,11,13-14H2,1-3H3,(H,22,24)/p+1/t15-/m1/s1. The zero-order valence-electron chi connectivity index (χ0n) is 15.4. The number of fused-ring (bicyclic) bond motifs is 1. The Balaban J connectivity index is 1.93. The first-order valence-electron chi connectivity index (χ1n) is 9.56. The number of hydrogen-bond donors (Lipinski definition) is 2. The molecule has 1 aromatic carbocycles. The number of pyridine rings is 1. The predicted octanol–water partition coefficient (Wildman–Crippen LogP) is 2.99. The number of aryl methyl sites for hydroxylation is 2. The highest BCUT2D eigenvalue weighted by Gasteiger charge is 2.22. The Bertz CT molecular complexity index is 762. The first kappa shape index (κ1) is 17.2. The van der Waals surface area contributed by atoms with E-state index in [1.54, 1.807) is 4.90 Å². The van der Waals surface area contributed by atoms with Gasteiger partial charge in [0.2, 0.25) is 0 Å². The Hall–Kier alpha value is -1.61. The van der Waals surface area contributed by atoms with Crippen molar-refractivity contribution in [2.45, 2.75) is 59.4 Å². The van der Waals surface area contributed by atoms with Gasteiger partial charge in [-0.15, -0.1) is 0 Å². The predicted molar refractivity (Wildman–Crippen MR) is 101 cm³/mol. The Morgan fingerprint density at radius 2 is 2.17 bits per heavy atom. The molecule has 1 aliphatic heterocycles. The van der Waals surface area contributed by atoms with Gasteiger partial charge >= 0.3 is 0 Å². The first-order chi connectivity index (χ1) is 11.6. The molecular formula is C21H31N2O+. The molecule has 2 N–H and O–H groups in total. The molecule has 1 aliphatic rings. The van der Waals surface area contributed by atoms with Crippen molar-refractivity contribution >= 4 is 10.9 Å². The minimum atomic E-state index is 0.241. The van der Waals surface area contributed by atoms with Crippen LogP contribution in [0.15, 0.2) is 23.0 Å². The highest BCUT2D eigenvalue weighted by Crippen LogP contribution is 2.15. The minimum Gasteiger partial charge on any atom is -0.358 e. The number of rotatable bonds is 5. The summed E-state index contributed by atoms with van der Waals surface area (Å²) in [7, 11) is 0. The number of likely N-dealkylation sites (tertiary alicyclic amines) is 1. The smallest absolute Gasteiger partial charge is 0.198 e. The Morgan fingerprint density at radius 3 is 2.92 bits per heavy atom. The van der Waals surface area contributed by atoms with Crippen LogP contribution in [0.25, 0.3) is 10.9 Å². The summed E-state index contributed by atoms with van der Waals surface area (Å²) in [5.41, 5.74) is 4.52. The molecular weight excluding hydrogens is 296 g/mol. The summed E-state index contributed by atoms with van der Waals surface area (Å²) in [5, 5.41) is 0.869. The summed E-state index contributed by atoms with van der Waals surface area (Å²) in [4.78, 5) is 18.1. The molecule has 0 radical (unpaired) electrons. The zero-order valence-corrected chi connectivity index (χ0v) is 15.4. The molecule has 1 fully saturated rings. The lowest BCUT2D eigenvalue weighted by molar-refractivity contribution is -0.922. The Kier molecular flexibility index (Phi) is 5.40. The van der Waals surface area contributed by atoms with E-state index in [1.807, 2.05) is 6.92 Å². The highest BCUT2D eigenvalue weighted by molar-refractivity contribution is 5.80. The van der Waals surface area contributed by atoms with Crippen LogP contribution in [0.1, 0.15) is 56.4 Å². The van der Waals surface area contributed by atoms with Crippen molar-refractivity contribution in [1.82, 2.24) is 4.98 Å². The van der Waals surface area contributed by atoms with Gasteiger partial charge in [0.05, 0.1) is 18.7 Å². The molecule has 24 heavy (non-hydrogen) atoms. The van der Waals surface area contributed by atoms with E-state index < -0.39 is 0 Å². The molecule has 0 saturated carbocycles. The van der Waals surface area contributed by atoms with Crippen LogP contribution in [0.4, 0.5) is 0 Å². The summed E-state index contributed by atoms with van der Waals surface area (Å²) in [6.07, 6.45) is 6.03. The summed E-state index contributed by atoms with van der Waals surface area (Å²) in [5.74, 6) is 0.772. The summed E-state index contributed by atoms with van der Waals surface area (Å²) in [6, 6.07) is 6.35. The molecule has 2 atom stereocenters. The van der Waals surface area contributed by atoms with Crippen LogP contribution in [0, 0.1) is 12.8 Å². The van der Waals surface area contributed by atoms with Gasteiger partial charge in [-0.25, -0.2) is 0 Å². The number of piperidine rings is 1. The molecule has 3 rings (SSSR count). The van der Waals surface area contributed by atoms with Crippen LogP contribution in [0.5, 0.6) is 0 Å². The van der Waals surface area contributed by atoms with Crippen molar-refractivity contribution < 1.29 is 4.90 Å². The lowest BCUT2D eigenvalue weighted by Crippen LogP contribution is -3.12. The van der Waals surface area contributed by atoms with E-state index in [-0.39, 0.29) is 5.43 Å². The van der Waals surface area contributed by atoms with E-state index >= 15 is 0 Å². The van der Waals surface area contributed by atoms with Gasteiger partial charge < -0.3 is 9.88 Å². The number of aromatic amines is 1. The summed E-state index contributed by atoms with van der Waals surface area (Å²) >= 11 is 0. The second-order valence-electron chi connectivity index (χ2n) is 7.67. The molecule has 0 spiro atoms. The molecule has 3 nitrogen and oxygen atoms in total. The van der Waals surface area contributed by atoms with Gasteiger partial charge in [-0.3, -0.25) is 4.79 Å². The average molecular weight is 327 g/mol. The number of aromatic nitrogens is 1. The molecule has 1 unspecified atom stereocenters. The maximum atomic E-state index is 13.1. The molecule has 1 aromatic heterocycles. The van der Waals surface area contributed by atoms with Crippen molar-refractivity contribution in [2.75, 3.05) is 13.1 Å². The molecule has 130 valence electrons. The van der Waals surface area contributed by atoms with Crippen LogP contribution in [0.2, 0.25) is 0 Å². The van der Waals surface area contributed by atoms with E-state index in [0.717, 1.165) is 41.0 Å². The third-order valence-corrected chi connectivity index (χ3v) is 5.49. The molecule has 2 aromatic rings. The number of nitrogens with one attached hydrogen (secondary N) is 2. The van der Waals surface area contributed by atoms with Gasteiger partial charge in [-0.05, 0) is 50.3 Å². The minimum absolute atomic E-state index is 0.241. The van der Waals surface area contributed by atoms with E-state index in [4.69, 9.17) is 0 Å². The van der Waals surface area contributed by atoms with Crippen LogP contribution < -0.4 is 10.3 Å². The first-order valence-corrected chi connectivity index (χ1v) is 9.56. The molecule has 2 heterocycles. The van der Waals surface area contributed by atoms with Gasteiger partial charge in [0.1, 0.15) is 6.54 Å². The van der Waals surface area contributed by atoms with Crippen molar-refractivity contribution in [1.29, 1.82) is 0 Å². The third kappa shape index (κ3) is 3.72. The average Bonchev–Trinajstić information content (AvgIpc) is 2.57. The van der Waals surface area contributed by atoms with Crippen LogP contribution in [-0.4, -0.2) is 18.1 Å². The van der Waals surface area contributed by atoms with Crippen LogP contribution in [0.3, 0.4) is 0 Å². The fourth-order valence-corrected chi connectivity index (χ4v) is 4.06. The van der Waals surface area contributed by atoms with Crippen LogP contribution in [-0.2, 0) is 13.0 Å². The van der Waals surface area contributed by atoms with Gasteiger partial charge in [0.15, 0.2) is 5.43 Å². The Labute approximate surface area is 145 Å². The van der Waals surface area contributed by atoms with E-state index in [2.05, 4.69) is 37.0 Å². The van der Waals surface area contributed by atoms with Crippen molar-refractivity contribution in [3.05, 3.63) is 45.2 Å². The van der Waals surface area contributed by atoms with Crippen molar-refractivity contribution in [3.8, 4) is 0 Å². The molecule has 0 bridgehead atoms. The van der Waals surface area contributed by atoms with Crippen molar-refractivity contribution in [2.24, 2.45) is 5.92 Å². The largest absolute Gasteiger partial charge is 0.358 e. The van der Waals surface area contributed by atoms with Gasteiger partial charge in [-0.2, -0.15) is 0 Å². The zero-order chi connectivity index (χ0) is 17.1. The quantitative estimate of drug-likeness (QED) is 0.870. The molecule has 1 saturated heterocycles. The molecule has 0 aliphatic carbocycles. The second kappa shape index (κ2) is 7.52. The number of H-pyrrole nitrogens is 1. The lowest BCUT2D eigenvalue weighted by atomic mass is 9.99. The molecule has 0 amide bonds. The van der Waals surface area contributed by atoms with Gasteiger partial charge in [0, 0.05) is 22.5 Å².